The second-order valence-corrected chi connectivity index (χ2v) is 4.23. The van der Waals surface area contributed by atoms with Crippen LogP contribution < -0.4 is 5.32 Å². The molecule has 0 unspecified atom stereocenters. The number of carbonyl (C=O) groups is 1. The van der Waals surface area contributed by atoms with Gasteiger partial charge in [-0.05, 0) is 37.1 Å². The summed E-state index contributed by atoms with van der Waals surface area (Å²) in [6.07, 6.45) is 1.57. The summed E-state index contributed by atoms with van der Waals surface area (Å²) in [5, 5.41) is 11.9. The van der Waals surface area contributed by atoms with Crippen LogP contribution in [-0.4, -0.2) is 10.9 Å². The molecule has 0 aliphatic carbocycles. The lowest BCUT2D eigenvalue weighted by atomic mass is 10.1. The molecule has 2 rings (SSSR count). The number of aryl methyl sites for hydroxylation is 2. The van der Waals surface area contributed by atoms with E-state index < -0.39 is 0 Å². The van der Waals surface area contributed by atoms with E-state index >= 15 is 0 Å². The number of pyridine rings is 1. The zero-order valence-electron chi connectivity index (χ0n) is 10.8. The van der Waals surface area contributed by atoms with Crippen LogP contribution in [0.25, 0.3) is 0 Å². The first kappa shape index (κ1) is 12.8. The first-order valence-corrected chi connectivity index (χ1v) is 5.86. The third kappa shape index (κ3) is 2.61. The standard InChI is InChI=1S/C15H13N3O/c1-10-5-3-7-13(12(10)9-16)18-15(19)14-11(2)6-4-8-17-14/h3-8H,1-2H3,(H,18,19). The molecular weight excluding hydrogens is 238 g/mol. The number of nitriles is 1. The lowest BCUT2D eigenvalue weighted by Crippen LogP contribution is -2.16. The van der Waals surface area contributed by atoms with E-state index in [0.717, 1.165) is 11.1 Å². The Bertz CT molecular complexity index is 671. The molecule has 4 heteroatoms. The summed E-state index contributed by atoms with van der Waals surface area (Å²) in [5.74, 6) is -0.305. The van der Waals surface area contributed by atoms with Crippen LogP contribution in [-0.2, 0) is 0 Å². The van der Waals surface area contributed by atoms with Crippen LogP contribution in [0.3, 0.4) is 0 Å². The van der Waals surface area contributed by atoms with Gasteiger partial charge in [0.1, 0.15) is 11.8 Å². The van der Waals surface area contributed by atoms with Gasteiger partial charge in [0.2, 0.25) is 0 Å². The first-order chi connectivity index (χ1) is 9.13. The number of hydrogen-bond donors (Lipinski definition) is 1. The third-order valence-corrected chi connectivity index (χ3v) is 2.86. The Hall–Kier alpha value is -2.67. The van der Waals surface area contributed by atoms with Gasteiger partial charge in [0.25, 0.3) is 5.91 Å². The van der Waals surface area contributed by atoms with Gasteiger partial charge in [-0.25, -0.2) is 0 Å². The van der Waals surface area contributed by atoms with Crippen molar-refractivity contribution in [3.8, 4) is 6.07 Å². The Morgan fingerprint density at radius 3 is 2.63 bits per heavy atom. The third-order valence-electron chi connectivity index (χ3n) is 2.86. The van der Waals surface area contributed by atoms with Crippen LogP contribution >= 0.6 is 0 Å². The predicted octanol–water partition coefficient (Wildman–Crippen LogP) is 2.82. The maximum Gasteiger partial charge on any atom is 0.274 e. The normalized spacial score (nSPS) is 9.74. The molecule has 1 aromatic carbocycles. The van der Waals surface area contributed by atoms with E-state index in [1.165, 1.54) is 0 Å². The van der Waals surface area contributed by atoms with E-state index in [1.54, 1.807) is 24.4 Å². The monoisotopic (exact) mass is 251 g/mol. The maximum atomic E-state index is 12.1. The van der Waals surface area contributed by atoms with Crippen LogP contribution in [0.4, 0.5) is 5.69 Å². The van der Waals surface area contributed by atoms with Gasteiger partial charge in [0, 0.05) is 6.20 Å². The van der Waals surface area contributed by atoms with Crippen molar-refractivity contribution >= 4 is 11.6 Å². The molecule has 0 bridgehead atoms. The Labute approximate surface area is 111 Å². The van der Waals surface area contributed by atoms with Crippen LogP contribution in [0.15, 0.2) is 36.5 Å². The molecule has 1 heterocycles. The summed E-state index contributed by atoms with van der Waals surface area (Å²) in [7, 11) is 0. The number of carbonyl (C=O) groups excluding carboxylic acids is 1. The summed E-state index contributed by atoms with van der Waals surface area (Å²) < 4.78 is 0. The zero-order valence-corrected chi connectivity index (χ0v) is 10.8. The molecule has 0 spiro atoms. The van der Waals surface area contributed by atoms with Gasteiger partial charge in [0.15, 0.2) is 0 Å². The highest BCUT2D eigenvalue weighted by molar-refractivity contribution is 6.04. The molecule has 0 radical (unpaired) electrons. The number of hydrogen-bond acceptors (Lipinski definition) is 3. The van der Waals surface area contributed by atoms with Crippen molar-refractivity contribution in [2.45, 2.75) is 13.8 Å². The highest BCUT2D eigenvalue weighted by atomic mass is 16.1. The largest absolute Gasteiger partial charge is 0.319 e. The molecule has 19 heavy (non-hydrogen) atoms. The van der Waals surface area contributed by atoms with Gasteiger partial charge in [-0.15, -0.1) is 0 Å². The lowest BCUT2D eigenvalue weighted by molar-refractivity contribution is 0.102. The van der Waals surface area contributed by atoms with Crippen LogP contribution in [0.1, 0.15) is 27.2 Å². The minimum atomic E-state index is -0.305. The first-order valence-electron chi connectivity index (χ1n) is 5.86. The minimum absolute atomic E-state index is 0.305. The van der Waals surface area contributed by atoms with Gasteiger partial charge in [0.05, 0.1) is 11.3 Å². The topological polar surface area (TPSA) is 65.8 Å². The lowest BCUT2D eigenvalue weighted by Gasteiger charge is -2.09. The Morgan fingerprint density at radius 2 is 1.95 bits per heavy atom. The summed E-state index contributed by atoms with van der Waals surface area (Å²) >= 11 is 0. The molecule has 0 aliphatic heterocycles. The molecule has 0 saturated carbocycles. The fourth-order valence-electron chi connectivity index (χ4n) is 1.83. The second kappa shape index (κ2) is 5.32. The molecule has 0 aliphatic rings. The molecule has 1 N–H and O–H groups in total. The van der Waals surface area contributed by atoms with Gasteiger partial charge in [-0.3, -0.25) is 9.78 Å². The molecular formula is C15H13N3O. The molecule has 94 valence electrons. The fourth-order valence-corrected chi connectivity index (χ4v) is 1.83. The molecule has 1 amide bonds. The number of rotatable bonds is 2. The van der Waals surface area contributed by atoms with Gasteiger partial charge in [-0.1, -0.05) is 18.2 Å². The number of nitrogens with one attached hydrogen (secondary N) is 1. The molecule has 0 fully saturated rings. The van der Waals surface area contributed by atoms with Crippen LogP contribution in [0.2, 0.25) is 0 Å². The van der Waals surface area contributed by atoms with Crippen molar-refractivity contribution in [1.82, 2.24) is 4.98 Å². The summed E-state index contributed by atoms with van der Waals surface area (Å²) in [6.45, 7) is 3.66. The van der Waals surface area contributed by atoms with Gasteiger partial charge >= 0.3 is 0 Å². The number of amides is 1. The number of anilines is 1. The van der Waals surface area contributed by atoms with Crippen molar-refractivity contribution in [3.05, 3.63) is 58.9 Å². The van der Waals surface area contributed by atoms with E-state index in [1.807, 2.05) is 26.0 Å². The van der Waals surface area contributed by atoms with E-state index in [-0.39, 0.29) is 5.91 Å². The van der Waals surface area contributed by atoms with E-state index in [9.17, 15) is 4.79 Å². The average Bonchev–Trinajstić information content (AvgIpc) is 2.39. The maximum absolute atomic E-state index is 12.1. The zero-order chi connectivity index (χ0) is 13.8. The van der Waals surface area contributed by atoms with Crippen LogP contribution in [0.5, 0.6) is 0 Å². The smallest absolute Gasteiger partial charge is 0.274 e. The van der Waals surface area contributed by atoms with E-state index in [0.29, 0.717) is 16.9 Å². The van der Waals surface area contributed by atoms with Crippen molar-refractivity contribution in [3.63, 3.8) is 0 Å². The van der Waals surface area contributed by atoms with E-state index in [4.69, 9.17) is 5.26 Å². The fraction of sp³-hybridized carbons (Fsp3) is 0.133. The number of benzene rings is 1. The average molecular weight is 251 g/mol. The minimum Gasteiger partial charge on any atom is -0.319 e. The van der Waals surface area contributed by atoms with Crippen molar-refractivity contribution in [2.24, 2.45) is 0 Å². The summed E-state index contributed by atoms with van der Waals surface area (Å²) in [6, 6.07) is 11.0. The second-order valence-electron chi connectivity index (χ2n) is 4.23. The summed E-state index contributed by atoms with van der Waals surface area (Å²) in [5.41, 5.74) is 2.99. The predicted molar refractivity (Wildman–Crippen MR) is 72.8 cm³/mol. The molecule has 4 nitrogen and oxygen atoms in total. The number of nitrogens with zero attached hydrogens (tertiary/aromatic N) is 2. The van der Waals surface area contributed by atoms with Crippen molar-refractivity contribution in [1.29, 1.82) is 5.26 Å². The van der Waals surface area contributed by atoms with Crippen LogP contribution in [0, 0.1) is 25.2 Å². The summed E-state index contributed by atoms with van der Waals surface area (Å²) in [4.78, 5) is 16.2. The Kier molecular flexibility index (Phi) is 3.58. The van der Waals surface area contributed by atoms with E-state index in [2.05, 4.69) is 16.4 Å². The van der Waals surface area contributed by atoms with Gasteiger partial charge in [-0.2, -0.15) is 5.26 Å². The highest BCUT2D eigenvalue weighted by Gasteiger charge is 2.13. The SMILES string of the molecule is Cc1cccnc1C(=O)Nc1cccc(C)c1C#N. The number of aromatic nitrogens is 1. The van der Waals surface area contributed by atoms with Gasteiger partial charge < -0.3 is 5.32 Å². The van der Waals surface area contributed by atoms with Crippen molar-refractivity contribution in [2.75, 3.05) is 5.32 Å². The Balaban J connectivity index is 2.33. The molecule has 0 atom stereocenters. The molecule has 1 aromatic heterocycles. The molecule has 0 saturated heterocycles. The van der Waals surface area contributed by atoms with Crippen molar-refractivity contribution < 1.29 is 4.79 Å². The molecule has 2 aromatic rings. The highest BCUT2D eigenvalue weighted by Crippen LogP contribution is 2.19. The quantitative estimate of drug-likeness (QED) is 0.892. The Morgan fingerprint density at radius 1 is 1.21 bits per heavy atom.